The van der Waals surface area contributed by atoms with E-state index in [1.165, 1.54) is 38.6 Å². The van der Waals surface area contributed by atoms with Crippen molar-refractivity contribution in [1.82, 2.24) is 14.5 Å². The average Bonchev–Trinajstić information content (AvgIpc) is 2.83. The van der Waals surface area contributed by atoms with E-state index in [0.717, 1.165) is 23.9 Å². The molecule has 0 unspecified atom stereocenters. The van der Waals surface area contributed by atoms with E-state index >= 15 is 0 Å². The number of likely N-dealkylation sites (tertiary alicyclic amines) is 1. The van der Waals surface area contributed by atoms with E-state index in [0.29, 0.717) is 35.4 Å². The Kier molecular flexibility index (Phi) is 7.78. The summed E-state index contributed by atoms with van der Waals surface area (Å²) in [6.07, 6.45) is 8.46. The first kappa shape index (κ1) is 24.1. The third-order valence-electron chi connectivity index (χ3n) is 7.22. The van der Waals surface area contributed by atoms with Crippen molar-refractivity contribution in [3.63, 3.8) is 0 Å². The highest BCUT2D eigenvalue weighted by molar-refractivity contribution is 5.96. The average molecular weight is 460 g/mol. The van der Waals surface area contributed by atoms with E-state index in [-0.39, 0.29) is 11.4 Å². The predicted octanol–water partition coefficient (Wildman–Crippen LogP) is 5.17. The number of aryl methyl sites for hydroxylation is 1. The number of para-hydroxylation sites is 2. The van der Waals surface area contributed by atoms with Gasteiger partial charge in [-0.05, 0) is 64.3 Å². The van der Waals surface area contributed by atoms with Crippen molar-refractivity contribution >= 4 is 16.9 Å². The number of nitrogens with zero attached hydrogens (tertiary/aromatic N) is 3. The van der Waals surface area contributed by atoms with Gasteiger partial charge in [-0.25, -0.2) is 4.98 Å². The largest absolute Gasteiger partial charge is 0.384 e. The van der Waals surface area contributed by atoms with Crippen molar-refractivity contribution in [2.45, 2.75) is 77.4 Å². The van der Waals surface area contributed by atoms with Gasteiger partial charge in [0.1, 0.15) is 11.5 Å². The van der Waals surface area contributed by atoms with Gasteiger partial charge in [0.2, 0.25) is 0 Å². The smallest absolute Gasteiger partial charge is 0.277 e. The Labute approximate surface area is 202 Å². The molecule has 2 aromatic carbocycles. The van der Waals surface area contributed by atoms with E-state index in [9.17, 15) is 4.79 Å². The fourth-order valence-corrected chi connectivity index (χ4v) is 5.27. The van der Waals surface area contributed by atoms with E-state index < -0.39 is 0 Å². The summed E-state index contributed by atoms with van der Waals surface area (Å²) >= 11 is 0. The molecule has 2 heterocycles. The van der Waals surface area contributed by atoms with Gasteiger partial charge in [0.25, 0.3) is 5.56 Å². The number of aromatic nitrogens is 2. The van der Waals surface area contributed by atoms with Crippen LogP contribution in [0.3, 0.4) is 0 Å². The lowest BCUT2D eigenvalue weighted by molar-refractivity contribution is 0.101. The van der Waals surface area contributed by atoms with Crippen LogP contribution in [-0.2, 0) is 6.54 Å². The van der Waals surface area contributed by atoms with Gasteiger partial charge in [-0.1, -0.05) is 49.6 Å². The van der Waals surface area contributed by atoms with Crippen LogP contribution in [0.5, 0.6) is 0 Å². The molecule has 34 heavy (non-hydrogen) atoms. The summed E-state index contributed by atoms with van der Waals surface area (Å²) in [6.45, 7) is 6.58. The Morgan fingerprint density at radius 1 is 1.00 bits per heavy atom. The molecule has 1 saturated heterocycles. The molecule has 0 spiro atoms. The van der Waals surface area contributed by atoms with Crippen molar-refractivity contribution < 1.29 is 0 Å². The molecule has 1 aliphatic heterocycles. The number of nitrogens with two attached hydrogens (primary N) is 1. The Morgan fingerprint density at radius 2 is 1.71 bits per heavy atom. The summed E-state index contributed by atoms with van der Waals surface area (Å²) < 4.78 is 1.87. The summed E-state index contributed by atoms with van der Waals surface area (Å²) in [5, 5.41) is 7.73. The van der Waals surface area contributed by atoms with Crippen LogP contribution in [0.1, 0.15) is 64.4 Å². The maximum absolute atomic E-state index is 13.5. The molecule has 4 rings (SSSR count). The number of fused-ring (bicyclic) bond motifs is 1. The van der Waals surface area contributed by atoms with Gasteiger partial charge in [-0.2, -0.15) is 0 Å². The van der Waals surface area contributed by atoms with E-state index in [1.54, 1.807) is 12.1 Å². The predicted molar refractivity (Wildman–Crippen MR) is 140 cm³/mol. The molecule has 2 atom stereocenters. The Hall–Kier alpha value is -2.99. The molecule has 1 aliphatic rings. The molecule has 0 aliphatic carbocycles. The number of amidine groups is 1. The summed E-state index contributed by atoms with van der Waals surface area (Å²) in [6, 6.07) is 16.4. The second-order valence-corrected chi connectivity index (χ2v) is 9.68. The summed E-state index contributed by atoms with van der Waals surface area (Å²) in [7, 11) is 0. The zero-order chi connectivity index (χ0) is 24.1. The van der Waals surface area contributed by atoms with Gasteiger partial charge in [0.05, 0.1) is 11.0 Å². The highest BCUT2D eigenvalue weighted by atomic mass is 16.1. The van der Waals surface area contributed by atoms with E-state index in [1.807, 2.05) is 41.0 Å². The van der Waals surface area contributed by atoms with Gasteiger partial charge in [-0.3, -0.25) is 15.1 Å². The quantitative estimate of drug-likeness (QED) is 0.262. The minimum absolute atomic E-state index is 0.0173. The van der Waals surface area contributed by atoms with Gasteiger partial charge in [0, 0.05) is 29.8 Å². The van der Waals surface area contributed by atoms with Crippen molar-refractivity contribution in [3.8, 4) is 11.3 Å². The van der Waals surface area contributed by atoms with Crippen LogP contribution in [0.15, 0.2) is 53.3 Å². The van der Waals surface area contributed by atoms with Crippen LogP contribution in [0.4, 0.5) is 0 Å². The number of piperidine rings is 1. The summed E-state index contributed by atoms with van der Waals surface area (Å²) in [5.41, 5.74) is 8.95. The molecule has 0 bridgehead atoms. The van der Waals surface area contributed by atoms with Gasteiger partial charge in [0.15, 0.2) is 0 Å². The van der Waals surface area contributed by atoms with Crippen LogP contribution in [0.2, 0.25) is 0 Å². The zero-order valence-corrected chi connectivity index (χ0v) is 20.5. The summed E-state index contributed by atoms with van der Waals surface area (Å²) in [5.74, 6) is -0.0173. The number of unbranched alkanes of at least 4 members (excludes halogenated alkanes) is 3. The zero-order valence-electron chi connectivity index (χ0n) is 20.5. The third-order valence-corrected chi connectivity index (χ3v) is 7.22. The monoisotopic (exact) mass is 459 g/mol. The fourth-order valence-electron chi connectivity index (χ4n) is 5.27. The van der Waals surface area contributed by atoms with Crippen molar-refractivity contribution in [2.75, 3.05) is 6.54 Å². The minimum Gasteiger partial charge on any atom is -0.384 e. The molecule has 3 N–H and O–H groups in total. The van der Waals surface area contributed by atoms with Crippen molar-refractivity contribution in [1.29, 1.82) is 5.41 Å². The molecule has 0 saturated carbocycles. The maximum atomic E-state index is 13.5. The Balaban J connectivity index is 1.46. The lowest BCUT2D eigenvalue weighted by Gasteiger charge is -2.39. The van der Waals surface area contributed by atoms with Crippen LogP contribution in [0, 0.1) is 5.41 Å². The van der Waals surface area contributed by atoms with Crippen molar-refractivity contribution in [2.24, 2.45) is 5.73 Å². The molecule has 3 aromatic rings. The number of benzene rings is 2. The molecule has 0 amide bonds. The number of hydrogen-bond donors (Lipinski definition) is 2. The van der Waals surface area contributed by atoms with E-state index in [4.69, 9.17) is 11.1 Å². The van der Waals surface area contributed by atoms with Crippen LogP contribution in [0.25, 0.3) is 22.3 Å². The number of nitrogen functional groups attached to an aromatic ring is 1. The highest BCUT2D eigenvalue weighted by Crippen LogP contribution is 2.23. The van der Waals surface area contributed by atoms with Crippen molar-refractivity contribution in [3.05, 3.63) is 64.4 Å². The standard InChI is InChI=1S/C28H37N5O/c1-20-11-9-12-21(2)32(20)17-7-3-4-8-18-33-25-16-6-5-15-24(25)31-26(28(33)34)22-13-10-14-23(19-22)27(29)30/h5-6,10,13-16,19-21H,3-4,7-9,11-12,17-18H2,1-2H3,(H3,29,30)/t20-,21+. The molecule has 0 radical (unpaired) electrons. The highest BCUT2D eigenvalue weighted by Gasteiger charge is 2.23. The van der Waals surface area contributed by atoms with Gasteiger partial charge in [-0.15, -0.1) is 0 Å². The molecule has 180 valence electrons. The second kappa shape index (κ2) is 11.0. The maximum Gasteiger partial charge on any atom is 0.277 e. The Morgan fingerprint density at radius 3 is 2.44 bits per heavy atom. The SMILES string of the molecule is C[C@@H]1CCC[C@H](C)N1CCCCCCn1c(=O)c(-c2cccc(C(=N)N)c2)nc2ccccc21. The molecule has 1 aromatic heterocycles. The normalized spacial score (nSPS) is 18.9. The second-order valence-electron chi connectivity index (χ2n) is 9.68. The molecule has 1 fully saturated rings. The van der Waals surface area contributed by atoms with Crippen LogP contribution >= 0.6 is 0 Å². The lowest BCUT2D eigenvalue weighted by Crippen LogP contribution is -2.44. The van der Waals surface area contributed by atoms with E-state index in [2.05, 4.69) is 23.7 Å². The molecule has 6 nitrogen and oxygen atoms in total. The molecular formula is C28H37N5O. The lowest BCUT2D eigenvalue weighted by atomic mass is 9.97. The number of hydrogen-bond acceptors (Lipinski definition) is 4. The van der Waals surface area contributed by atoms with Crippen LogP contribution in [-0.4, -0.2) is 38.9 Å². The minimum atomic E-state index is -0.0876. The first-order chi connectivity index (χ1) is 16.5. The third kappa shape index (κ3) is 5.39. The molecule has 6 heteroatoms. The van der Waals surface area contributed by atoms with Crippen LogP contribution < -0.4 is 11.3 Å². The topological polar surface area (TPSA) is 88.0 Å². The molecular weight excluding hydrogens is 422 g/mol. The van der Waals surface area contributed by atoms with Gasteiger partial charge < -0.3 is 10.3 Å². The fraction of sp³-hybridized carbons (Fsp3) is 0.464. The first-order valence-corrected chi connectivity index (χ1v) is 12.7. The van der Waals surface area contributed by atoms with Gasteiger partial charge >= 0.3 is 0 Å². The Bertz CT molecular complexity index is 1190. The number of rotatable bonds is 9. The number of nitrogens with one attached hydrogen (secondary N) is 1. The summed E-state index contributed by atoms with van der Waals surface area (Å²) in [4.78, 5) is 20.8. The first-order valence-electron chi connectivity index (χ1n) is 12.7.